The second-order valence-corrected chi connectivity index (χ2v) is 5.33. The fraction of sp³-hybridized carbons (Fsp3) is 0.533. The molecule has 0 spiro atoms. The fourth-order valence-electron chi connectivity index (χ4n) is 2.26. The van der Waals surface area contributed by atoms with Crippen molar-refractivity contribution in [1.29, 1.82) is 0 Å². The average molecular weight is 276 g/mol. The van der Waals surface area contributed by atoms with Crippen molar-refractivity contribution in [3.05, 3.63) is 35.4 Å². The van der Waals surface area contributed by atoms with Crippen molar-refractivity contribution in [2.75, 3.05) is 40.4 Å². The minimum Gasteiger partial charge on any atom is -0.378 e. The Labute approximate surface area is 121 Å². The van der Waals surface area contributed by atoms with Crippen molar-refractivity contribution in [2.45, 2.75) is 13.1 Å². The molecule has 20 heavy (non-hydrogen) atoms. The van der Waals surface area contributed by atoms with Gasteiger partial charge in [-0.2, -0.15) is 0 Å². The van der Waals surface area contributed by atoms with Crippen LogP contribution in [-0.2, 0) is 17.8 Å². The summed E-state index contributed by atoms with van der Waals surface area (Å²) in [5.74, 6) is 0.617. The van der Waals surface area contributed by atoms with Gasteiger partial charge < -0.3 is 20.3 Å². The zero-order valence-electron chi connectivity index (χ0n) is 12.4. The van der Waals surface area contributed by atoms with E-state index in [4.69, 9.17) is 10.5 Å². The molecule has 1 aliphatic heterocycles. The molecule has 0 radical (unpaired) electrons. The Morgan fingerprint density at radius 1 is 1.30 bits per heavy atom. The summed E-state index contributed by atoms with van der Waals surface area (Å²) in [6, 6.07) is 8.50. The van der Waals surface area contributed by atoms with Crippen molar-refractivity contribution in [2.24, 2.45) is 10.7 Å². The van der Waals surface area contributed by atoms with E-state index in [1.807, 2.05) is 0 Å². The maximum atomic E-state index is 6.03. The van der Waals surface area contributed by atoms with E-state index in [0.29, 0.717) is 12.5 Å². The molecule has 0 amide bonds. The van der Waals surface area contributed by atoms with Gasteiger partial charge in [0.15, 0.2) is 5.96 Å². The van der Waals surface area contributed by atoms with E-state index in [9.17, 15) is 0 Å². The number of ether oxygens (including phenoxy) is 1. The molecule has 2 rings (SSSR count). The summed E-state index contributed by atoms with van der Waals surface area (Å²) in [5.41, 5.74) is 8.52. The van der Waals surface area contributed by atoms with Gasteiger partial charge in [-0.15, -0.1) is 0 Å². The summed E-state index contributed by atoms with van der Waals surface area (Å²) in [6.07, 6.45) is 0. The van der Waals surface area contributed by atoms with Crippen molar-refractivity contribution in [3.8, 4) is 0 Å². The summed E-state index contributed by atoms with van der Waals surface area (Å²) in [7, 11) is 4.14. The van der Waals surface area contributed by atoms with Crippen LogP contribution >= 0.6 is 0 Å². The number of nitrogens with zero attached hydrogens (tertiary/aromatic N) is 3. The van der Waals surface area contributed by atoms with Crippen molar-refractivity contribution < 1.29 is 4.74 Å². The van der Waals surface area contributed by atoms with Crippen molar-refractivity contribution >= 4 is 5.96 Å². The number of morpholine rings is 1. The van der Waals surface area contributed by atoms with Gasteiger partial charge in [-0.3, -0.25) is 0 Å². The van der Waals surface area contributed by atoms with Crippen LogP contribution in [-0.4, -0.2) is 56.2 Å². The van der Waals surface area contributed by atoms with Crippen LogP contribution in [0.4, 0.5) is 0 Å². The van der Waals surface area contributed by atoms with Crippen LogP contribution in [0.25, 0.3) is 0 Å². The third kappa shape index (κ3) is 4.51. The second kappa shape index (κ2) is 7.26. The zero-order chi connectivity index (χ0) is 14.4. The Bertz CT molecular complexity index is 453. The molecule has 2 N–H and O–H groups in total. The summed E-state index contributed by atoms with van der Waals surface area (Å²) in [5, 5.41) is 0. The van der Waals surface area contributed by atoms with Gasteiger partial charge >= 0.3 is 0 Å². The van der Waals surface area contributed by atoms with Crippen LogP contribution in [0.1, 0.15) is 11.1 Å². The van der Waals surface area contributed by atoms with E-state index in [1.54, 1.807) is 0 Å². The van der Waals surface area contributed by atoms with E-state index >= 15 is 0 Å². The lowest BCUT2D eigenvalue weighted by Gasteiger charge is -2.27. The van der Waals surface area contributed by atoms with E-state index in [2.05, 4.69) is 53.2 Å². The standard InChI is InChI=1S/C15H24N4O/c1-18(2)12-14-5-3-4-13(10-14)11-17-15(16)19-6-8-20-9-7-19/h3-5,10H,6-9,11-12H2,1-2H3,(H2,16,17). The molecule has 1 aromatic carbocycles. The number of rotatable bonds is 4. The fourth-order valence-corrected chi connectivity index (χ4v) is 2.26. The molecule has 0 aliphatic carbocycles. The first kappa shape index (κ1) is 14.8. The molecule has 1 heterocycles. The van der Waals surface area contributed by atoms with Crippen molar-refractivity contribution in [1.82, 2.24) is 9.80 Å². The maximum absolute atomic E-state index is 6.03. The van der Waals surface area contributed by atoms with E-state index in [-0.39, 0.29) is 0 Å². The number of hydrogen-bond donors (Lipinski definition) is 1. The predicted octanol–water partition coefficient (Wildman–Crippen LogP) is 0.895. The number of nitrogens with two attached hydrogens (primary N) is 1. The van der Waals surface area contributed by atoms with Gasteiger partial charge in [-0.1, -0.05) is 24.3 Å². The summed E-state index contributed by atoms with van der Waals surface area (Å²) >= 11 is 0. The van der Waals surface area contributed by atoms with Gasteiger partial charge in [0.05, 0.1) is 19.8 Å². The molecular weight excluding hydrogens is 252 g/mol. The number of guanidine groups is 1. The average Bonchev–Trinajstić information content (AvgIpc) is 2.45. The van der Waals surface area contributed by atoms with E-state index in [1.165, 1.54) is 11.1 Å². The minimum absolute atomic E-state index is 0.617. The maximum Gasteiger partial charge on any atom is 0.191 e. The van der Waals surface area contributed by atoms with Crippen LogP contribution < -0.4 is 5.73 Å². The molecule has 5 heteroatoms. The monoisotopic (exact) mass is 276 g/mol. The lowest BCUT2D eigenvalue weighted by molar-refractivity contribution is 0.0674. The van der Waals surface area contributed by atoms with Gasteiger partial charge in [-0.05, 0) is 25.2 Å². The van der Waals surface area contributed by atoms with Gasteiger partial charge in [0.25, 0.3) is 0 Å². The number of aliphatic imine (C=N–C) groups is 1. The highest BCUT2D eigenvalue weighted by Crippen LogP contribution is 2.08. The summed E-state index contributed by atoms with van der Waals surface area (Å²) < 4.78 is 5.31. The van der Waals surface area contributed by atoms with Crippen LogP contribution in [0.2, 0.25) is 0 Å². The first-order valence-corrected chi connectivity index (χ1v) is 7.00. The first-order valence-electron chi connectivity index (χ1n) is 7.00. The number of hydrogen-bond acceptors (Lipinski definition) is 3. The van der Waals surface area contributed by atoms with Gasteiger partial charge in [0.1, 0.15) is 0 Å². The lowest BCUT2D eigenvalue weighted by Crippen LogP contribution is -2.44. The first-order chi connectivity index (χ1) is 9.65. The normalized spacial score (nSPS) is 16.8. The van der Waals surface area contributed by atoms with Gasteiger partial charge in [-0.25, -0.2) is 4.99 Å². The molecule has 1 aliphatic rings. The third-order valence-electron chi connectivity index (χ3n) is 3.25. The Hall–Kier alpha value is -1.59. The third-order valence-corrected chi connectivity index (χ3v) is 3.25. The van der Waals surface area contributed by atoms with Crippen molar-refractivity contribution in [3.63, 3.8) is 0 Å². The quantitative estimate of drug-likeness (QED) is 0.655. The van der Waals surface area contributed by atoms with Gasteiger partial charge in [0, 0.05) is 19.6 Å². The minimum atomic E-state index is 0.617. The largest absolute Gasteiger partial charge is 0.378 e. The topological polar surface area (TPSA) is 54.1 Å². The smallest absolute Gasteiger partial charge is 0.191 e. The van der Waals surface area contributed by atoms with Crippen LogP contribution in [0, 0.1) is 0 Å². The summed E-state index contributed by atoms with van der Waals surface area (Å²) in [4.78, 5) is 8.72. The number of benzene rings is 1. The highest BCUT2D eigenvalue weighted by Gasteiger charge is 2.11. The predicted molar refractivity (Wildman–Crippen MR) is 81.6 cm³/mol. The van der Waals surface area contributed by atoms with Crippen LogP contribution in [0.15, 0.2) is 29.3 Å². The highest BCUT2D eigenvalue weighted by atomic mass is 16.5. The summed E-state index contributed by atoms with van der Waals surface area (Å²) in [6.45, 7) is 4.69. The Morgan fingerprint density at radius 3 is 2.70 bits per heavy atom. The molecular formula is C15H24N4O. The molecule has 1 aromatic rings. The van der Waals surface area contributed by atoms with E-state index in [0.717, 1.165) is 32.8 Å². The lowest BCUT2D eigenvalue weighted by atomic mass is 10.1. The zero-order valence-corrected chi connectivity index (χ0v) is 12.4. The van der Waals surface area contributed by atoms with Crippen LogP contribution in [0.3, 0.4) is 0 Å². The molecule has 1 saturated heterocycles. The Morgan fingerprint density at radius 2 is 2.00 bits per heavy atom. The Balaban J connectivity index is 1.95. The highest BCUT2D eigenvalue weighted by molar-refractivity contribution is 5.78. The Kier molecular flexibility index (Phi) is 5.38. The molecule has 0 saturated carbocycles. The molecule has 0 atom stereocenters. The van der Waals surface area contributed by atoms with Gasteiger partial charge in [0.2, 0.25) is 0 Å². The molecule has 0 aromatic heterocycles. The molecule has 5 nitrogen and oxygen atoms in total. The van der Waals surface area contributed by atoms with Crippen LogP contribution in [0.5, 0.6) is 0 Å². The molecule has 0 bridgehead atoms. The molecule has 0 unspecified atom stereocenters. The van der Waals surface area contributed by atoms with E-state index < -0.39 is 0 Å². The SMILES string of the molecule is CN(C)Cc1cccc(CN=C(N)N2CCOCC2)c1. The molecule has 110 valence electrons. The second-order valence-electron chi connectivity index (χ2n) is 5.33. The molecule has 1 fully saturated rings.